The molecule has 1 amide bonds. The number of carbonyl (C=O) groups is 1. The first-order valence-electron chi connectivity index (χ1n) is 8.98. The highest BCUT2D eigenvalue weighted by molar-refractivity contribution is 5.80. The lowest BCUT2D eigenvalue weighted by molar-refractivity contribution is -0.127. The molecule has 5 heteroatoms. The normalized spacial score (nSPS) is 36.2. The van der Waals surface area contributed by atoms with Crippen LogP contribution in [0.4, 0.5) is 0 Å². The van der Waals surface area contributed by atoms with Gasteiger partial charge in [-0.15, -0.1) is 0 Å². The quantitative estimate of drug-likeness (QED) is 0.776. The van der Waals surface area contributed by atoms with Crippen LogP contribution in [0, 0.1) is 17.8 Å². The third-order valence-corrected chi connectivity index (χ3v) is 6.30. The average Bonchev–Trinajstić information content (AvgIpc) is 3.08. The van der Waals surface area contributed by atoms with Gasteiger partial charge in [-0.2, -0.15) is 0 Å². The van der Waals surface area contributed by atoms with E-state index in [1.807, 2.05) is 0 Å². The van der Waals surface area contributed by atoms with Crippen molar-refractivity contribution in [2.75, 3.05) is 40.3 Å². The number of nitrogens with two attached hydrogens (primary N) is 1. The number of piperidine rings is 1. The number of hydrogen-bond acceptors (Lipinski definition) is 4. The van der Waals surface area contributed by atoms with E-state index in [1.54, 1.807) is 0 Å². The van der Waals surface area contributed by atoms with Gasteiger partial charge in [-0.3, -0.25) is 4.79 Å². The van der Waals surface area contributed by atoms with Gasteiger partial charge in [0.2, 0.25) is 5.91 Å². The first-order chi connectivity index (χ1) is 10.6. The highest BCUT2D eigenvalue weighted by atomic mass is 16.1. The van der Waals surface area contributed by atoms with Crippen LogP contribution in [0.3, 0.4) is 0 Å². The molecule has 0 aromatic carbocycles. The van der Waals surface area contributed by atoms with Crippen molar-refractivity contribution in [3.8, 4) is 0 Å². The van der Waals surface area contributed by atoms with Gasteiger partial charge in [0.15, 0.2) is 0 Å². The molecule has 2 saturated carbocycles. The van der Waals surface area contributed by atoms with Crippen LogP contribution in [0.1, 0.15) is 32.1 Å². The van der Waals surface area contributed by atoms with Crippen molar-refractivity contribution in [1.82, 2.24) is 15.1 Å². The zero-order chi connectivity index (χ0) is 15.7. The molecule has 3 rings (SSSR count). The lowest BCUT2D eigenvalue weighted by atomic mass is 9.84. The van der Waals surface area contributed by atoms with Crippen LogP contribution in [-0.4, -0.2) is 68.1 Å². The molecule has 0 aromatic rings. The Morgan fingerprint density at radius 1 is 1.18 bits per heavy atom. The van der Waals surface area contributed by atoms with Crippen LogP contribution < -0.4 is 11.1 Å². The molecule has 3 fully saturated rings. The van der Waals surface area contributed by atoms with Crippen molar-refractivity contribution in [3.05, 3.63) is 0 Å². The highest BCUT2D eigenvalue weighted by Crippen LogP contribution is 2.47. The molecule has 0 spiro atoms. The van der Waals surface area contributed by atoms with Crippen molar-refractivity contribution >= 4 is 5.91 Å². The van der Waals surface area contributed by atoms with Gasteiger partial charge < -0.3 is 20.9 Å². The highest BCUT2D eigenvalue weighted by Gasteiger charge is 2.48. The summed E-state index contributed by atoms with van der Waals surface area (Å²) in [4.78, 5) is 17.2. The van der Waals surface area contributed by atoms with Crippen LogP contribution >= 0.6 is 0 Å². The fourth-order valence-electron chi connectivity index (χ4n) is 4.84. The Balaban J connectivity index is 1.36. The Labute approximate surface area is 134 Å². The van der Waals surface area contributed by atoms with Gasteiger partial charge in [0, 0.05) is 25.2 Å². The smallest absolute Gasteiger partial charge is 0.225 e. The molecule has 22 heavy (non-hydrogen) atoms. The van der Waals surface area contributed by atoms with Gasteiger partial charge in [0.05, 0.1) is 5.92 Å². The molecule has 3 aliphatic rings. The van der Waals surface area contributed by atoms with Crippen LogP contribution in [-0.2, 0) is 4.79 Å². The van der Waals surface area contributed by atoms with Gasteiger partial charge in [-0.25, -0.2) is 0 Å². The second-order valence-corrected chi connectivity index (χ2v) is 7.76. The Bertz CT molecular complexity index is 390. The molecule has 2 bridgehead atoms. The summed E-state index contributed by atoms with van der Waals surface area (Å²) in [7, 11) is 4.33. The Hall–Kier alpha value is -0.650. The molecule has 5 nitrogen and oxygen atoms in total. The third-order valence-electron chi connectivity index (χ3n) is 6.30. The second kappa shape index (κ2) is 6.85. The minimum absolute atomic E-state index is 0.0817. The lowest BCUT2D eigenvalue weighted by Crippen LogP contribution is -2.48. The predicted molar refractivity (Wildman–Crippen MR) is 88.5 cm³/mol. The van der Waals surface area contributed by atoms with Gasteiger partial charge in [-0.05, 0) is 71.1 Å². The van der Waals surface area contributed by atoms with Crippen molar-refractivity contribution in [1.29, 1.82) is 0 Å². The van der Waals surface area contributed by atoms with Crippen molar-refractivity contribution in [3.63, 3.8) is 0 Å². The molecule has 3 N–H and O–H groups in total. The molecular weight excluding hydrogens is 276 g/mol. The molecule has 4 unspecified atom stereocenters. The molecule has 1 heterocycles. The molecule has 4 atom stereocenters. The molecule has 1 aliphatic heterocycles. The number of nitrogens with zero attached hydrogens (tertiary/aromatic N) is 2. The van der Waals surface area contributed by atoms with E-state index in [1.165, 1.54) is 32.1 Å². The van der Waals surface area contributed by atoms with Crippen molar-refractivity contribution < 1.29 is 4.79 Å². The van der Waals surface area contributed by atoms with Crippen molar-refractivity contribution in [2.45, 2.75) is 44.2 Å². The van der Waals surface area contributed by atoms with Crippen LogP contribution in [0.2, 0.25) is 0 Å². The van der Waals surface area contributed by atoms with Crippen molar-refractivity contribution in [2.24, 2.45) is 23.5 Å². The Kier molecular flexibility index (Phi) is 5.05. The Morgan fingerprint density at radius 3 is 2.45 bits per heavy atom. The third kappa shape index (κ3) is 3.31. The molecule has 126 valence electrons. The summed E-state index contributed by atoms with van der Waals surface area (Å²) in [5, 5.41) is 3.15. The zero-order valence-corrected chi connectivity index (χ0v) is 14.1. The Morgan fingerprint density at radius 2 is 1.86 bits per heavy atom. The largest absolute Gasteiger partial charge is 0.355 e. The van der Waals surface area contributed by atoms with Gasteiger partial charge in [-0.1, -0.05) is 0 Å². The average molecular weight is 308 g/mol. The van der Waals surface area contributed by atoms with E-state index in [2.05, 4.69) is 29.2 Å². The number of nitrogens with one attached hydrogen (secondary N) is 1. The number of fused-ring (bicyclic) bond motifs is 2. The number of hydrogen-bond donors (Lipinski definition) is 2. The summed E-state index contributed by atoms with van der Waals surface area (Å²) in [6.07, 6.45) is 6.08. The summed E-state index contributed by atoms with van der Waals surface area (Å²) < 4.78 is 0. The van der Waals surface area contributed by atoms with Crippen LogP contribution in [0.5, 0.6) is 0 Å². The first-order valence-corrected chi connectivity index (χ1v) is 8.98. The van der Waals surface area contributed by atoms with E-state index in [-0.39, 0.29) is 17.9 Å². The molecule has 0 radical (unpaired) electrons. The topological polar surface area (TPSA) is 61.6 Å². The van der Waals surface area contributed by atoms with Crippen LogP contribution in [0.25, 0.3) is 0 Å². The van der Waals surface area contributed by atoms with Crippen LogP contribution in [0.15, 0.2) is 0 Å². The van der Waals surface area contributed by atoms with E-state index >= 15 is 0 Å². The zero-order valence-electron chi connectivity index (χ0n) is 14.1. The fraction of sp³-hybridized carbons (Fsp3) is 0.941. The number of likely N-dealkylation sites (tertiary alicyclic amines) is 1. The summed E-state index contributed by atoms with van der Waals surface area (Å²) in [6.45, 7) is 4.03. The van der Waals surface area contributed by atoms with Gasteiger partial charge in [0.25, 0.3) is 0 Å². The number of amides is 1. The van der Waals surface area contributed by atoms with E-state index in [0.29, 0.717) is 11.8 Å². The summed E-state index contributed by atoms with van der Waals surface area (Å²) in [5.41, 5.74) is 6.25. The standard InChI is InChI=1S/C17H32N4O/c1-20(2)14-5-8-21(9-6-14)10-7-19-17(22)15-12-3-4-13(11-12)16(15)18/h12-16H,3-11,18H2,1-2H3,(H,19,22). The van der Waals surface area contributed by atoms with Gasteiger partial charge >= 0.3 is 0 Å². The second-order valence-electron chi connectivity index (χ2n) is 7.76. The number of carbonyl (C=O) groups excluding carboxylic acids is 1. The maximum atomic E-state index is 12.4. The number of rotatable bonds is 5. The molecule has 2 aliphatic carbocycles. The van der Waals surface area contributed by atoms with E-state index in [9.17, 15) is 4.79 Å². The first kappa shape index (κ1) is 16.2. The van der Waals surface area contributed by atoms with E-state index in [4.69, 9.17) is 5.73 Å². The van der Waals surface area contributed by atoms with Gasteiger partial charge in [0.1, 0.15) is 0 Å². The SMILES string of the molecule is CN(C)C1CCN(CCNC(=O)C2C3CCC(C3)C2N)CC1. The maximum Gasteiger partial charge on any atom is 0.225 e. The predicted octanol–water partition coefficient (Wildman–Crippen LogP) is 0.502. The molecule has 1 saturated heterocycles. The minimum atomic E-state index is 0.0817. The fourth-order valence-corrected chi connectivity index (χ4v) is 4.84. The summed E-state index contributed by atoms with van der Waals surface area (Å²) in [6, 6.07) is 0.826. The van der Waals surface area contributed by atoms with E-state index < -0.39 is 0 Å². The molecule has 0 aromatic heterocycles. The summed E-state index contributed by atoms with van der Waals surface area (Å²) in [5.74, 6) is 1.45. The molecular formula is C17H32N4O. The minimum Gasteiger partial charge on any atom is -0.355 e. The summed E-state index contributed by atoms with van der Waals surface area (Å²) >= 11 is 0. The maximum absolute atomic E-state index is 12.4. The monoisotopic (exact) mass is 308 g/mol. The van der Waals surface area contributed by atoms with E-state index in [0.717, 1.165) is 32.2 Å². The lowest BCUT2D eigenvalue weighted by Gasteiger charge is -2.35.